The smallest absolute Gasteiger partial charge is 0.0441 e. The van der Waals surface area contributed by atoms with E-state index in [-0.39, 0.29) is 0 Å². The molecule has 3 heteroatoms. The highest BCUT2D eigenvalue weighted by atomic mass is 35.5. The Hall–Kier alpha value is -0.570. The van der Waals surface area contributed by atoms with Crippen molar-refractivity contribution in [1.82, 2.24) is 5.43 Å². The molecule has 1 saturated carbocycles. The maximum absolute atomic E-state index is 6.25. The van der Waals surface area contributed by atoms with Crippen molar-refractivity contribution < 1.29 is 0 Å². The molecule has 3 N–H and O–H groups in total. The zero-order chi connectivity index (χ0) is 12.3. The van der Waals surface area contributed by atoms with Gasteiger partial charge in [-0.05, 0) is 42.9 Å². The number of hydrogen-bond donors (Lipinski definition) is 2. The van der Waals surface area contributed by atoms with E-state index >= 15 is 0 Å². The highest BCUT2D eigenvalue weighted by Gasteiger charge is 2.22. The van der Waals surface area contributed by atoms with E-state index in [9.17, 15) is 0 Å². The largest absolute Gasteiger partial charge is 0.271 e. The summed E-state index contributed by atoms with van der Waals surface area (Å²) in [5.41, 5.74) is 5.33. The number of hydrogen-bond acceptors (Lipinski definition) is 2. The summed E-state index contributed by atoms with van der Waals surface area (Å²) in [7, 11) is 0. The topological polar surface area (TPSA) is 38.0 Å². The number of nitrogens with one attached hydrogen (secondary N) is 1. The molecule has 2 rings (SSSR count). The summed E-state index contributed by atoms with van der Waals surface area (Å²) < 4.78 is 0. The third-order valence-corrected chi connectivity index (χ3v) is 4.11. The average Bonchev–Trinajstić information content (AvgIpc) is 2.24. The van der Waals surface area contributed by atoms with E-state index in [1.807, 2.05) is 6.07 Å². The Morgan fingerprint density at radius 2 is 2.24 bits per heavy atom. The van der Waals surface area contributed by atoms with E-state index in [1.165, 1.54) is 36.8 Å². The van der Waals surface area contributed by atoms with Crippen LogP contribution in [0.3, 0.4) is 0 Å². The first-order valence-corrected chi connectivity index (χ1v) is 6.78. The van der Waals surface area contributed by atoms with Gasteiger partial charge in [0.25, 0.3) is 0 Å². The molecule has 17 heavy (non-hydrogen) atoms. The van der Waals surface area contributed by atoms with Gasteiger partial charge < -0.3 is 0 Å². The van der Waals surface area contributed by atoms with Gasteiger partial charge in [-0.3, -0.25) is 11.3 Å². The van der Waals surface area contributed by atoms with Gasteiger partial charge in [0.05, 0.1) is 0 Å². The van der Waals surface area contributed by atoms with Crippen molar-refractivity contribution in [1.29, 1.82) is 0 Å². The molecule has 1 aliphatic carbocycles. The molecule has 0 radical (unpaired) electrons. The van der Waals surface area contributed by atoms with Crippen LogP contribution in [-0.4, -0.2) is 6.04 Å². The number of benzene rings is 1. The first kappa shape index (κ1) is 12.9. The van der Waals surface area contributed by atoms with Crippen molar-refractivity contribution in [3.8, 4) is 0 Å². The fourth-order valence-electron chi connectivity index (χ4n) is 2.42. The lowest BCUT2D eigenvalue weighted by Crippen LogP contribution is -2.39. The monoisotopic (exact) mass is 252 g/mol. The summed E-state index contributed by atoms with van der Waals surface area (Å²) >= 11 is 6.25. The summed E-state index contributed by atoms with van der Waals surface area (Å²) in [5.74, 6) is 6.50. The minimum Gasteiger partial charge on any atom is -0.271 e. The van der Waals surface area contributed by atoms with Crippen molar-refractivity contribution in [2.45, 2.75) is 45.1 Å². The Kier molecular flexibility index (Phi) is 4.43. The van der Waals surface area contributed by atoms with Crippen molar-refractivity contribution in [2.75, 3.05) is 0 Å². The Morgan fingerprint density at radius 1 is 1.47 bits per heavy atom. The summed E-state index contributed by atoms with van der Waals surface area (Å²) in [6.07, 6.45) is 6.19. The third kappa shape index (κ3) is 3.44. The second kappa shape index (κ2) is 5.85. The van der Waals surface area contributed by atoms with Crippen LogP contribution in [0.4, 0.5) is 0 Å². The number of hydrazine groups is 1. The zero-order valence-corrected chi connectivity index (χ0v) is 11.1. The Morgan fingerprint density at radius 3 is 2.76 bits per heavy atom. The van der Waals surface area contributed by atoms with E-state index in [2.05, 4.69) is 24.5 Å². The molecule has 1 fully saturated rings. The normalized spacial score (nSPS) is 17.8. The third-order valence-electron chi connectivity index (χ3n) is 3.75. The maximum Gasteiger partial charge on any atom is 0.0441 e. The summed E-state index contributed by atoms with van der Waals surface area (Å²) in [6, 6.07) is 6.59. The van der Waals surface area contributed by atoms with Gasteiger partial charge in [-0.25, -0.2) is 0 Å². The predicted molar refractivity (Wildman–Crippen MR) is 73.0 cm³/mol. The molecule has 0 spiro atoms. The summed E-state index contributed by atoms with van der Waals surface area (Å²) in [4.78, 5) is 0. The molecule has 1 unspecified atom stereocenters. The minimum atomic E-state index is 0.348. The van der Waals surface area contributed by atoms with Gasteiger partial charge in [-0.2, -0.15) is 0 Å². The van der Waals surface area contributed by atoms with Crippen LogP contribution in [0.5, 0.6) is 0 Å². The fourth-order valence-corrected chi connectivity index (χ4v) is 2.74. The average molecular weight is 253 g/mol. The van der Waals surface area contributed by atoms with E-state index in [4.69, 9.17) is 17.4 Å². The van der Waals surface area contributed by atoms with E-state index < -0.39 is 0 Å². The highest BCUT2D eigenvalue weighted by Crippen LogP contribution is 2.31. The number of rotatable bonds is 5. The molecule has 1 aromatic rings. The molecule has 94 valence electrons. The standard InChI is InChI=1S/C14H21ClN2/c1-10-5-6-12(14(15)7-10)9-13(17-16)8-11-3-2-4-11/h5-7,11,13,17H,2-4,8-9,16H2,1H3. The Labute approximate surface area is 109 Å². The zero-order valence-electron chi connectivity index (χ0n) is 10.4. The van der Waals surface area contributed by atoms with Crippen molar-refractivity contribution in [2.24, 2.45) is 11.8 Å². The van der Waals surface area contributed by atoms with Gasteiger partial charge in [0, 0.05) is 11.1 Å². The lowest BCUT2D eigenvalue weighted by Gasteiger charge is -2.29. The van der Waals surface area contributed by atoms with Crippen molar-refractivity contribution >= 4 is 11.6 Å². The molecular formula is C14H21ClN2. The lowest BCUT2D eigenvalue weighted by atomic mass is 9.80. The summed E-state index contributed by atoms with van der Waals surface area (Å²) in [5, 5.41) is 0.860. The van der Waals surface area contributed by atoms with Crippen LogP contribution in [0.15, 0.2) is 18.2 Å². The SMILES string of the molecule is Cc1ccc(CC(CC2CCC2)NN)c(Cl)c1. The second-order valence-electron chi connectivity index (χ2n) is 5.20. The molecule has 0 aromatic heterocycles. The molecular weight excluding hydrogens is 232 g/mol. The van der Waals surface area contributed by atoms with Crippen molar-refractivity contribution in [3.05, 3.63) is 34.3 Å². The maximum atomic E-state index is 6.25. The van der Waals surface area contributed by atoms with Crippen LogP contribution in [0, 0.1) is 12.8 Å². The van der Waals surface area contributed by atoms with E-state index in [0.29, 0.717) is 6.04 Å². The quantitative estimate of drug-likeness (QED) is 0.624. The Balaban J connectivity index is 1.96. The molecule has 1 atom stereocenters. The predicted octanol–water partition coefficient (Wildman–Crippen LogP) is 3.21. The van der Waals surface area contributed by atoms with Crippen LogP contribution in [0.2, 0.25) is 5.02 Å². The van der Waals surface area contributed by atoms with Gasteiger partial charge in [0.1, 0.15) is 0 Å². The molecule has 2 nitrogen and oxygen atoms in total. The number of nitrogens with two attached hydrogens (primary N) is 1. The first-order valence-electron chi connectivity index (χ1n) is 6.40. The molecule has 1 aliphatic rings. The van der Waals surface area contributed by atoms with Crippen LogP contribution < -0.4 is 11.3 Å². The van der Waals surface area contributed by atoms with Gasteiger partial charge in [0.2, 0.25) is 0 Å². The van der Waals surface area contributed by atoms with Crippen LogP contribution in [-0.2, 0) is 6.42 Å². The van der Waals surface area contributed by atoms with Crippen molar-refractivity contribution in [3.63, 3.8) is 0 Å². The van der Waals surface area contributed by atoms with Gasteiger partial charge in [0.15, 0.2) is 0 Å². The van der Waals surface area contributed by atoms with Gasteiger partial charge in [-0.1, -0.05) is 43.0 Å². The fraction of sp³-hybridized carbons (Fsp3) is 0.571. The molecule has 0 amide bonds. The van der Waals surface area contributed by atoms with Crippen LogP contribution >= 0.6 is 11.6 Å². The van der Waals surface area contributed by atoms with E-state index in [1.54, 1.807) is 0 Å². The number of halogens is 1. The highest BCUT2D eigenvalue weighted by molar-refractivity contribution is 6.31. The molecule has 0 saturated heterocycles. The molecule has 0 aliphatic heterocycles. The molecule has 0 heterocycles. The Bertz CT molecular complexity index is 374. The molecule has 0 bridgehead atoms. The van der Waals surface area contributed by atoms with Gasteiger partial charge in [-0.15, -0.1) is 0 Å². The van der Waals surface area contributed by atoms with Crippen LogP contribution in [0.1, 0.15) is 36.8 Å². The lowest BCUT2D eigenvalue weighted by molar-refractivity contribution is 0.259. The molecule has 1 aromatic carbocycles. The van der Waals surface area contributed by atoms with E-state index in [0.717, 1.165) is 17.4 Å². The first-order chi connectivity index (χ1) is 8.19. The van der Waals surface area contributed by atoms with Crippen LogP contribution in [0.25, 0.3) is 0 Å². The second-order valence-corrected chi connectivity index (χ2v) is 5.60. The van der Waals surface area contributed by atoms with Gasteiger partial charge >= 0.3 is 0 Å². The minimum absolute atomic E-state index is 0.348. The number of aryl methyl sites for hydroxylation is 1. The summed E-state index contributed by atoms with van der Waals surface area (Å²) in [6.45, 7) is 2.06.